The van der Waals surface area contributed by atoms with Gasteiger partial charge in [0.15, 0.2) is 0 Å². The van der Waals surface area contributed by atoms with E-state index in [9.17, 15) is 0 Å². The Morgan fingerprint density at radius 2 is 0.800 bits per heavy atom. The van der Waals surface area contributed by atoms with Crippen LogP contribution in [-0.4, -0.2) is 0 Å². The van der Waals surface area contributed by atoms with Crippen molar-refractivity contribution in [3.05, 3.63) is 0 Å². The molecule has 0 aromatic rings. The minimum Gasteiger partial charge on any atom is -0.0499 e. The molecule has 0 saturated heterocycles. The first kappa shape index (κ1) is 5.62. The second kappa shape index (κ2) is 1.78. The van der Waals surface area contributed by atoms with Crippen LogP contribution in [0, 0.1) is 23.7 Å². The van der Waals surface area contributed by atoms with Gasteiger partial charge in [-0.3, -0.25) is 0 Å². The van der Waals surface area contributed by atoms with Crippen LogP contribution in [-0.2, 0) is 0 Å². The molecular formula is C10H16. The summed E-state index contributed by atoms with van der Waals surface area (Å²) in [6, 6.07) is 0. The predicted molar refractivity (Wildman–Crippen MR) is 41.7 cm³/mol. The summed E-state index contributed by atoms with van der Waals surface area (Å²) in [5, 5.41) is 0. The van der Waals surface area contributed by atoms with Crippen LogP contribution in [0.2, 0.25) is 0 Å². The van der Waals surface area contributed by atoms with Gasteiger partial charge in [-0.2, -0.15) is 0 Å². The van der Waals surface area contributed by atoms with Gasteiger partial charge in [0.1, 0.15) is 0 Å². The van der Waals surface area contributed by atoms with Gasteiger partial charge in [-0.25, -0.2) is 0 Å². The lowest BCUT2D eigenvalue weighted by Crippen LogP contribution is -2.17. The Morgan fingerprint density at radius 3 is 1.10 bits per heavy atom. The van der Waals surface area contributed by atoms with Crippen molar-refractivity contribution in [1.29, 1.82) is 0 Å². The van der Waals surface area contributed by atoms with Crippen LogP contribution in [0.15, 0.2) is 0 Å². The van der Waals surface area contributed by atoms with Crippen LogP contribution in [0.3, 0.4) is 0 Å². The molecule has 4 bridgehead atoms. The van der Waals surface area contributed by atoms with E-state index in [4.69, 9.17) is 0 Å². The number of hydrogen-bond donors (Lipinski definition) is 0. The molecule has 0 amide bonds. The standard InChI is InChI=1S/C10H16/c1-2-8-5-7(1)9-3-4-10(8)6-9/h7-10H,1-6H2/t7-,8-,9-,10-/m0/s1. The zero-order chi connectivity index (χ0) is 6.55. The lowest BCUT2D eigenvalue weighted by Gasteiger charge is -2.25. The molecule has 3 rings (SSSR count). The van der Waals surface area contributed by atoms with Gasteiger partial charge in [-0.15, -0.1) is 0 Å². The van der Waals surface area contributed by atoms with Gasteiger partial charge < -0.3 is 0 Å². The highest BCUT2D eigenvalue weighted by atomic mass is 14.5. The number of rotatable bonds is 0. The third kappa shape index (κ3) is 0.580. The molecule has 0 aliphatic heterocycles. The highest BCUT2D eigenvalue weighted by Crippen LogP contribution is 2.55. The van der Waals surface area contributed by atoms with Crippen molar-refractivity contribution in [3.63, 3.8) is 0 Å². The molecule has 0 N–H and O–H groups in total. The highest BCUT2D eigenvalue weighted by molar-refractivity contribution is 4.95. The molecule has 56 valence electrons. The van der Waals surface area contributed by atoms with Crippen LogP contribution in [0.5, 0.6) is 0 Å². The fourth-order valence-corrected chi connectivity index (χ4v) is 3.82. The average molecular weight is 136 g/mol. The summed E-state index contributed by atoms with van der Waals surface area (Å²) in [5.74, 6) is 4.74. The van der Waals surface area contributed by atoms with Gasteiger partial charge in [0, 0.05) is 0 Å². The topological polar surface area (TPSA) is 0 Å². The van der Waals surface area contributed by atoms with E-state index in [1.165, 1.54) is 23.7 Å². The van der Waals surface area contributed by atoms with Crippen molar-refractivity contribution < 1.29 is 0 Å². The maximum absolute atomic E-state index is 1.62. The highest BCUT2D eigenvalue weighted by Gasteiger charge is 2.44. The van der Waals surface area contributed by atoms with Crippen LogP contribution >= 0.6 is 0 Å². The van der Waals surface area contributed by atoms with Crippen molar-refractivity contribution in [2.75, 3.05) is 0 Å². The summed E-state index contributed by atoms with van der Waals surface area (Å²) in [6.45, 7) is 0. The van der Waals surface area contributed by atoms with E-state index < -0.39 is 0 Å². The minimum atomic E-state index is 1.18. The summed E-state index contributed by atoms with van der Waals surface area (Å²) in [4.78, 5) is 0. The molecule has 3 fully saturated rings. The van der Waals surface area contributed by atoms with Crippen molar-refractivity contribution in [3.8, 4) is 0 Å². The molecule has 0 aromatic heterocycles. The zero-order valence-corrected chi connectivity index (χ0v) is 6.55. The van der Waals surface area contributed by atoms with Gasteiger partial charge in [-0.05, 0) is 62.2 Å². The van der Waals surface area contributed by atoms with Crippen molar-refractivity contribution in [2.24, 2.45) is 23.7 Å². The molecule has 0 nitrogen and oxygen atoms in total. The molecule has 0 aromatic carbocycles. The van der Waals surface area contributed by atoms with Gasteiger partial charge in [0.05, 0.1) is 0 Å². The molecular weight excluding hydrogens is 120 g/mol. The lowest BCUT2D eigenvalue weighted by molar-refractivity contribution is 0.243. The van der Waals surface area contributed by atoms with E-state index in [-0.39, 0.29) is 0 Å². The van der Waals surface area contributed by atoms with Crippen LogP contribution < -0.4 is 0 Å². The first-order chi connectivity index (χ1) is 4.93. The average Bonchev–Trinajstić information content (AvgIpc) is 2.41. The molecule has 3 aliphatic carbocycles. The van der Waals surface area contributed by atoms with Gasteiger partial charge in [0.25, 0.3) is 0 Å². The summed E-state index contributed by atoms with van der Waals surface area (Å²) < 4.78 is 0. The maximum Gasteiger partial charge on any atom is -0.0383 e. The fourth-order valence-electron chi connectivity index (χ4n) is 3.82. The van der Waals surface area contributed by atoms with E-state index >= 15 is 0 Å². The number of hydrogen-bond acceptors (Lipinski definition) is 0. The van der Waals surface area contributed by atoms with Crippen molar-refractivity contribution in [1.82, 2.24) is 0 Å². The molecule has 0 unspecified atom stereocenters. The minimum absolute atomic E-state index is 1.18. The Labute approximate surface area is 63.0 Å². The number of fused-ring (bicyclic) bond motifs is 6. The zero-order valence-electron chi connectivity index (χ0n) is 6.55. The van der Waals surface area contributed by atoms with Gasteiger partial charge in [-0.1, -0.05) is 0 Å². The Hall–Kier alpha value is 0. The second-order valence-electron chi connectivity index (χ2n) is 4.67. The summed E-state index contributed by atoms with van der Waals surface area (Å²) >= 11 is 0. The van der Waals surface area contributed by atoms with E-state index in [2.05, 4.69) is 0 Å². The van der Waals surface area contributed by atoms with Gasteiger partial charge in [0.2, 0.25) is 0 Å². The van der Waals surface area contributed by atoms with Gasteiger partial charge >= 0.3 is 0 Å². The van der Waals surface area contributed by atoms with Crippen LogP contribution in [0.25, 0.3) is 0 Å². The Kier molecular flexibility index (Phi) is 1.00. The molecule has 10 heavy (non-hydrogen) atoms. The normalized spacial score (nSPS) is 57.6. The van der Waals surface area contributed by atoms with Crippen molar-refractivity contribution >= 4 is 0 Å². The molecule has 4 atom stereocenters. The molecule has 3 saturated carbocycles. The Bertz CT molecular complexity index is 116. The Balaban J connectivity index is 1.94. The van der Waals surface area contributed by atoms with E-state index in [0.29, 0.717) is 0 Å². The lowest BCUT2D eigenvalue weighted by atomic mass is 9.80. The smallest absolute Gasteiger partial charge is 0.0383 e. The summed E-state index contributed by atoms with van der Waals surface area (Å²) in [5.41, 5.74) is 0. The third-order valence-electron chi connectivity index (χ3n) is 4.36. The summed E-state index contributed by atoms with van der Waals surface area (Å²) in [6.07, 6.45) is 9.60. The molecule has 0 radical (unpaired) electrons. The predicted octanol–water partition coefficient (Wildman–Crippen LogP) is 2.83. The second-order valence-corrected chi connectivity index (χ2v) is 4.67. The first-order valence-electron chi connectivity index (χ1n) is 4.93. The molecule has 3 aliphatic rings. The Morgan fingerprint density at radius 1 is 0.500 bits per heavy atom. The largest absolute Gasteiger partial charge is 0.0499 e. The first-order valence-corrected chi connectivity index (χ1v) is 4.93. The van der Waals surface area contributed by atoms with E-state index in [1.54, 1.807) is 38.5 Å². The van der Waals surface area contributed by atoms with Crippen LogP contribution in [0.1, 0.15) is 38.5 Å². The van der Waals surface area contributed by atoms with Crippen molar-refractivity contribution in [2.45, 2.75) is 38.5 Å². The monoisotopic (exact) mass is 136 g/mol. The maximum atomic E-state index is 1.62. The third-order valence-corrected chi connectivity index (χ3v) is 4.36. The summed E-state index contributed by atoms with van der Waals surface area (Å²) in [7, 11) is 0. The quantitative estimate of drug-likeness (QED) is 0.480. The fraction of sp³-hybridized carbons (Fsp3) is 1.00. The molecule has 0 heterocycles. The SMILES string of the molecule is C1C[C@H]2C[C@H]1[C@H]1CC[C@H]2C1. The molecule has 0 heteroatoms. The van der Waals surface area contributed by atoms with Crippen LogP contribution in [0.4, 0.5) is 0 Å². The van der Waals surface area contributed by atoms with E-state index in [0.717, 1.165) is 0 Å². The molecule has 0 spiro atoms. The van der Waals surface area contributed by atoms with E-state index in [1.807, 2.05) is 0 Å².